The third kappa shape index (κ3) is 1.94. The summed E-state index contributed by atoms with van der Waals surface area (Å²) in [4.78, 5) is 4.35. The Bertz CT molecular complexity index is 509. The van der Waals surface area contributed by atoms with Gasteiger partial charge in [-0.3, -0.25) is 0 Å². The van der Waals surface area contributed by atoms with E-state index in [4.69, 9.17) is 0 Å². The van der Waals surface area contributed by atoms with Crippen LogP contribution in [0.15, 0.2) is 24.3 Å². The van der Waals surface area contributed by atoms with Crippen LogP contribution < -0.4 is 5.32 Å². The summed E-state index contributed by atoms with van der Waals surface area (Å²) in [7, 11) is 0. The van der Waals surface area contributed by atoms with Crippen molar-refractivity contribution >= 4 is 16.6 Å². The average molecular weight is 216 g/mol. The maximum Gasteiger partial charge on any atom is 0.141 e. The van der Waals surface area contributed by atoms with Gasteiger partial charge in [0, 0.05) is 23.3 Å². The van der Waals surface area contributed by atoms with Gasteiger partial charge in [-0.05, 0) is 25.5 Å². The summed E-state index contributed by atoms with van der Waals surface area (Å²) in [5.41, 5.74) is 2.62. The topological polar surface area (TPSA) is 45.2 Å². The molecule has 0 amide bonds. The summed E-state index contributed by atoms with van der Waals surface area (Å²) in [6.07, 6.45) is 1.07. The number of aryl methyl sites for hydroxylation is 1. The van der Waals surface area contributed by atoms with E-state index < -0.39 is 0 Å². The number of benzene rings is 1. The molecule has 16 heavy (non-hydrogen) atoms. The molecule has 0 aliphatic heterocycles. The third-order valence-corrected chi connectivity index (χ3v) is 2.51. The highest BCUT2D eigenvalue weighted by Crippen LogP contribution is 2.28. The highest BCUT2D eigenvalue weighted by molar-refractivity contribution is 5.94. The minimum Gasteiger partial charge on any atom is -0.506 e. The lowest BCUT2D eigenvalue weighted by molar-refractivity contribution is 0.480. The zero-order valence-corrected chi connectivity index (χ0v) is 9.62. The Morgan fingerprint density at radius 1 is 1.38 bits per heavy atom. The third-order valence-electron chi connectivity index (χ3n) is 2.51. The number of hydrogen-bond donors (Lipinski definition) is 2. The smallest absolute Gasteiger partial charge is 0.141 e. The van der Waals surface area contributed by atoms with Crippen molar-refractivity contribution < 1.29 is 5.11 Å². The number of para-hydroxylation sites is 1. The maximum absolute atomic E-state index is 9.76. The van der Waals surface area contributed by atoms with Crippen LogP contribution in [0.25, 0.3) is 10.9 Å². The van der Waals surface area contributed by atoms with Crippen molar-refractivity contribution in [3.63, 3.8) is 0 Å². The Morgan fingerprint density at radius 3 is 2.94 bits per heavy atom. The molecule has 0 radical (unpaired) electrons. The number of phenolic OH excluding ortho intramolecular Hbond substituents is 1. The normalized spacial score (nSPS) is 10.6. The Kier molecular flexibility index (Phi) is 2.95. The predicted octanol–water partition coefficient (Wildman–Crippen LogP) is 3.07. The summed E-state index contributed by atoms with van der Waals surface area (Å²) in [5, 5.41) is 14.1. The van der Waals surface area contributed by atoms with E-state index in [-0.39, 0.29) is 5.75 Å². The fourth-order valence-corrected chi connectivity index (χ4v) is 1.77. The standard InChI is InChI=1S/C13H16N2O/c1-3-7-14-11-8-9(2)15-13-10(11)5-4-6-12(13)16/h4-6,8,16H,3,7H2,1-2H3,(H,14,15). The van der Waals surface area contributed by atoms with Crippen molar-refractivity contribution in [3.05, 3.63) is 30.0 Å². The minimum atomic E-state index is 0.237. The molecule has 1 aromatic heterocycles. The molecule has 0 spiro atoms. The van der Waals surface area contributed by atoms with Crippen LogP contribution in [0, 0.1) is 6.92 Å². The molecule has 1 aromatic carbocycles. The number of hydrogen-bond acceptors (Lipinski definition) is 3. The van der Waals surface area contributed by atoms with Crippen molar-refractivity contribution in [1.82, 2.24) is 4.98 Å². The van der Waals surface area contributed by atoms with Gasteiger partial charge in [-0.1, -0.05) is 19.1 Å². The summed E-state index contributed by atoms with van der Waals surface area (Å²) >= 11 is 0. The van der Waals surface area contributed by atoms with Crippen molar-refractivity contribution in [3.8, 4) is 5.75 Å². The second kappa shape index (κ2) is 4.39. The van der Waals surface area contributed by atoms with E-state index in [1.807, 2.05) is 25.1 Å². The molecule has 3 heteroatoms. The van der Waals surface area contributed by atoms with Gasteiger partial charge in [-0.15, -0.1) is 0 Å². The highest BCUT2D eigenvalue weighted by Gasteiger charge is 2.06. The van der Waals surface area contributed by atoms with Gasteiger partial charge in [0.2, 0.25) is 0 Å². The van der Waals surface area contributed by atoms with Gasteiger partial charge in [0.05, 0.1) is 0 Å². The SMILES string of the molecule is CCCNc1cc(C)nc2c(O)cccc12. The first-order chi connectivity index (χ1) is 7.72. The van der Waals surface area contributed by atoms with Gasteiger partial charge in [-0.25, -0.2) is 4.98 Å². The molecule has 0 saturated heterocycles. The second-order valence-corrected chi connectivity index (χ2v) is 3.91. The van der Waals surface area contributed by atoms with Crippen LogP contribution in [-0.2, 0) is 0 Å². The second-order valence-electron chi connectivity index (χ2n) is 3.91. The van der Waals surface area contributed by atoms with E-state index in [0.717, 1.165) is 29.7 Å². The average Bonchev–Trinajstić information content (AvgIpc) is 2.27. The van der Waals surface area contributed by atoms with Crippen molar-refractivity contribution in [2.75, 3.05) is 11.9 Å². The number of rotatable bonds is 3. The van der Waals surface area contributed by atoms with Crippen LogP contribution in [0.3, 0.4) is 0 Å². The summed E-state index contributed by atoms with van der Waals surface area (Å²) < 4.78 is 0. The number of nitrogens with zero attached hydrogens (tertiary/aromatic N) is 1. The predicted molar refractivity (Wildman–Crippen MR) is 66.9 cm³/mol. The van der Waals surface area contributed by atoms with Crippen LogP contribution in [0.4, 0.5) is 5.69 Å². The number of phenols is 1. The zero-order chi connectivity index (χ0) is 11.5. The lowest BCUT2D eigenvalue weighted by Gasteiger charge is -2.10. The Balaban J connectivity index is 2.59. The van der Waals surface area contributed by atoms with Gasteiger partial charge in [0.25, 0.3) is 0 Å². The van der Waals surface area contributed by atoms with E-state index in [1.165, 1.54) is 0 Å². The lowest BCUT2D eigenvalue weighted by Crippen LogP contribution is -2.01. The van der Waals surface area contributed by atoms with Gasteiger partial charge in [0.15, 0.2) is 0 Å². The number of aromatic hydroxyl groups is 1. The number of nitrogens with one attached hydrogen (secondary N) is 1. The van der Waals surface area contributed by atoms with Crippen LogP contribution >= 0.6 is 0 Å². The molecule has 3 nitrogen and oxygen atoms in total. The molecule has 2 N–H and O–H groups in total. The number of aromatic nitrogens is 1. The number of pyridine rings is 1. The Hall–Kier alpha value is -1.77. The molecule has 0 unspecified atom stereocenters. The molecule has 84 valence electrons. The van der Waals surface area contributed by atoms with Crippen LogP contribution in [-0.4, -0.2) is 16.6 Å². The van der Waals surface area contributed by atoms with Crippen molar-refractivity contribution in [1.29, 1.82) is 0 Å². The lowest BCUT2D eigenvalue weighted by atomic mass is 10.1. The largest absolute Gasteiger partial charge is 0.506 e. The first-order valence-corrected chi connectivity index (χ1v) is 5.55. The molecule has 0 fully saturated rings. The molecule has 2 aromatic rings. The molecule has 0 aliphatic rings. The minimum absolute atomic E-state index is 0.237. The quantitative estimate of drug-likeness (QED) is 0.828. The number of anilines is 1. The molecule has 0 saturated carbocycles. The zero-order valence-electron chi connectivity index (χ0n) is 9.62. The molecule has 0 bridgehead atoms. The highest BCUT2D eigenvalue weighted by atomic mass is 16.3. The molecular formula is C13H16N2O. The van der Waals surface area contributed by atoms with Gasteiger partial charge >= 0.3 is 0 Å². The monoisotopic (exact) mass is 216 g/mol. The number of fused-ring (bicyclic) bond motifs is 1. The summed E-state index contributed by atoms with van der Waals surface area (Å²) in [5.74, 6) is 0.237. The van der Waals surface area contributed by atoms with Gasteiger partial charge in [0.1, 0.15) is 11.3 Å². The van der Waals surface area contributed by atoms with Crippen molar-refractivity contribution in [2.24, 2.45) is 0 Å². The first-order valence-electron chi connectivity index (χ1n) is 5.55. The van der Waals surface area contributed by atoms with Gasteiger partial charge < -0.3 is 10.4 Å². The van der Waals surface area contributed by atoms with Crippen LogP contribution in [0.5, 0.6) is 5.75 Å². The van der Waals surface area contributed by atoms with E-state index in [0.29, 0.717) is 5.52 Å². The molecule has 0 aliphatic carbocycles. The van der Waals surface area contributed by atoms with E-state index in [9.17, 15) is 5.11 Å². The van der Waals surface area contributed by atoms with Gasteiger partial charge in [-0.2, -0.15) is 0 Å². The van der Waals surface area contributed by atoms with E-state index in [2.05, 4.69) is 17.2 Å². The fraction of sp³-hybridized carbons (Fsp3) is 0.308. The molecule has 1 heterocycles. The molecule has 2 rings (SSSR count). The maximum atomic E-state index is 9.76. The Morgan fingerprint density at radius 2 is 2.19 bits per heavy atom. The van der Waals surface area contributed by atoms with Crippen LogP contribution in [0.1, 0.15) is 19.0 Å². The van der Waals surface area contributed by atoms with Crippen molar-refractivity contribution in [2.45, 2.75) is 20.3 Å². The van der Waals surface area contributed by atoms with E-state index in [1.54, 1.807) is 6.07 Å². The Labute approximate surface area is 95.1 Å². The molecular weight excluding hydrogens is 200 g/mol. The first kappa shape index (κ1) is 10.7. The van der Waals surface area contributed by atoms with Crippen LogP contribution in [0.2, 0.25) is 0 Å². The summed E-state index contributed by atoms with van der Waals surface area (Å²) in [6, 6.07) is 7.49. The fourth-order valence-electron chi connectivity index (χ4n) is 1.77. The van der Waals surface area contributed by atoms with E-state index >= 15 is 0 Å². The molecule has 0 atom stereocenters. The summed E-state index contributed by atoms with van der Waals surface area (Å²) in [6.45, 7) is 4.98.